The third kappa shape index (κ3) is 3.97. The highest BCUT2D eigenvalue weighted by Crippen LogP contribution is 2.31. The number of amides is 1. The van der Waals surface area contributed by atoms with Crippen LogP contribution >= 0.6 is 23.4 Å². The van der Waals surface area contributed by atoms with E-state index in [1.807, 2.05) is 48.3 Å². The molecule has 0 saturated carbocycles. The SMILES string of the molecule is COc1ccc(N=C2SCC(N(C(C)=O)c3ccc(Cl)cc3)N2C)cc1. The van der Waals surface area contributed by atoms with E-state index in [0.29, 0.717) is 5.02 Å². The Kier molecular flexibility index (Phi) is 5.74. The number of thioether (sulfide) groups is 1. The van der Waals surface area contributed by atoms with Crippen LogP contribution < -0.4 is 9.64 Å². The van der Waals surface area contributed by atoms with Gasteiger partial charge in [0.05, 0.1) is 12.8 Å². The molecule has 0 aliphatic carbocycles. The van der Waals surface area contributed by atoms with Gasteiger partial charge in [0.1, 0.15) is 11.9 Å². The molecule has 2 aromatic carbocycles. The van der Waals surface area contributed by atoms with Crippen molar-refractivity contribution < 1.29 is 9.53 Å². The first-order valence-corrected chi connectivity index (χ1v) is 9.49. The van der Waals surface area contributed by atoms with Crippen molar-refractivity contribution >= 4 is 45.8 Å². The van der Waals surface area contributed by atoms with Crippen LogP contribution in [-0.2, 0) is 4.79 Å². The van der Waals surface area contributed by atoms with Crippen LogP contribution in [0.3, 0.4) is 0 Å². The molecule has 26 heavy (non-hydrogen) atoms. The molecule has 5 nitrogen and oxygen atoms in total. The molecule has 1 aliphatic heterocycles. The van der Waals surface area contributed by atoms with Crippen LogP contribution in [0.2, 0.25) is 5.02 Å². The fourth-order valence-corrected chi connectivity index (χ4v) is 4.07. The van der Waals surface area contributed by atoms with Crippen molar-refractivity contribution in [3.8, 4) is 5.75 Å². The number of methoxy groups -OCH3 is 1. The predicted octanol–water partition coefficient (Wildman–Crippen LogP) is 4.39. The van der Waals surface area contributed by atoms with E-state index in [1.165, 1.54) is 0 Å². The standard InChI is InChI=1S/C19H20ClN3O2S/c1-13(24)23(16-8-4-14(20)5-9-16)18-12-26-19(22(18)2)21-15-6-10-17(25-3)11-7-15/h4-11,18H,12H2,1-3H3. The van der Waals surface area contributed by atoms with Gasteiger partial charge in [-0.15, -0.1) is 0 Å². The molecule has 0 N–H and O–H groups in total. The Bertz CT molecular complexity index is 809. The fourth-order valence-electron chi connectivity index (χ4n) is 2.78. The van der Waals surface area contributed by atoms with Crippen molar-refractivity contribution in [3.05, 3.63) is 53.6 Å². The number of hydrogen-bond donors (Lipinski definition) is 0. The van der Waals surface area contributed by atoms with Gasteiger partial charge in [0.25, 0.3) is 0 Å². The Morgan fingerprint density at radius 3 is 2.46 bits per heavy atom. The third-order valence-corrected chi connectivity index (χ3v) is 5.50. The van der Waals surface area contributed by atoms with Gasteiger partial charge in [-0.2, -0.15) is 0 Å². The Labute approximate surface area is 162 Å². The summed E-state index contributed by atoms with van der Waals surface area (Å²) in [6.45, 7) is 1.58. The smallest absolute Gasteiger partial charge is 0.225 e. The summed E-state index contributed by atoms with van der Waals surface area (Å²) >= 11 is 7.60. The monoisotopic (exact) mass is 389 g/mol. The Hall–Kier alpha value is -2.18. The largest absolute Gasteiger partial charge is 0.497 e. The Balaban J connectivity index is 1.83. The van der Waals surface area contributed by atoms with Crippen LogP contribution in [0.5, 0.6) is 5.75 Å². The molecule has 1 aliphatic rings. The number of rotatable bonds is 4. The van der Waals surface area contributed by atoms with E-state index < -0.39 is 0 Å². The summed E-state index contributed by atoms with van der Waals surface area (Å²) in [6.07, 6.45) is -0.101. The van der Waals surface area contributed by atoms with Crippen molar-refractivity contribution in [2.24, 2.45) is 4.99 Å². The number of nitrogens with zero attached hydrogens (tertiary/aromatic N) is 3. The maximum Gasteiger partial charge on any atom is 0.225 e. The molecular formula is C19H20ClN3O2S. The van der Waals surface area contributed by atoms with Crippen molar-refractivity contribution in [2.45, 2.75) is 13.1 Å². The molecule has 0 spiro atoms. The molecule has 1 heterocycles. The summed E-state index contributed by atoms with van der Waals surface area (Å²) in [5, 5.41) is 1.52. The summed E-state index contributed by atoms with van der Waals surface area (Å²) in [5.74, 6) is 1.52. The van der Waals surface area contributed by atoms with Crippen molar-refractivity contribution in [1.29, 1.82) is 0 Å². The summed E-state index contributed by atoms with van der Waals surface area (Å²) in [5.41, 5.74) is 1.67. The molecule has 0 radical (unpaired) electrons. The van der Waals surface area contributed by atoms with E-state index in [4.69, 9.17) is 21.3 Å². The number of ether oxygens (including phenoxy) is 1. The molecule has 1 unspecified atom stereocenters. The quantitative estimate of drug-likeness (QED) is 0.777. The van der Waals surface area contributed by atoms with E-state index >= 15 is 0 Å². The zero-order valence-corrected chi connectivity index (χ0v) is 16.4. The topological polar surface area (TPSA) is 45.1 Å². The third-order valence-electron chi connectivity index (χ3n) is 4.15. The van der Waals surface area contributed by atoms with E-state index in [1.54, 1.807) is 42.8 Å². The predicted molar refractivity (Wildman–Crippen MR) is 109 cm³/mol. The van der Waals surface area contributed by atoms with Gasteiger partial charge in [-0.1, -0.05) is 23.4 Å². The first-order chi connectivity index (χ1) is 12.5. The minimum atomic E-state index is -0.101. The summed E-state index contributed by atoms with van der Waals surface area (Å²) < 4.78 is 5.17. The average Bonchev–Trinajstić information content (AvgIpc) is 2.98. The van der Waals surface area contributed by atoms with E-state index in [-0.39, 0.29) is 12.1 Å². The highest BCUT2D eigenvalue weighted by atomic mass is 35.5. The second kappa shape index (κ2) is 8.01. The molecule has 1 amide bonds. The molecule has 1 fully saturated rings. The van der Waals surface area contributed by atoms with Crippen molar-refractivity contribution in [2.75, 3.05) is 24.8 Å². The van der Waals surface area contributed by atoms with Gasteiger partial charge in [-0.3, -0.25) is 9.69 Å². The normalized spacial score (nSPS) is 18.2. The number of hydrogen-bond acceptors (Lipinski definition) is 4. The molecule has 3 rings (SSSR count). The second-order valence-corrected chi connectivity index (χ2v) is 7.28. The van der Waals surface area contributed by atoms with Gasteiger partial charge >= 0.3 is 0 Å². The minimum Gasteiger partial charge on any atom is -0.497 e. The van der Waals surface area contributed by atoms with Gasteiger partial charge in [0.15, 0.2) is 5.17 Å². The zero-order chi connectivity index (χ0) is 18.7. The summed E-state index contributed by atoms with van der Waals surface area (Å²) in [6, 6.07) is 14.9. The van der Waals surface area contributed by atoms with Crippen LogP contribution in [0.4, 0.5) is 11.4 Å². The molecule has 2 aromatic rings. The fraction of sp³-hybridized carbons (Fsp3) is 0.263. The molecule has 0 aromatic heterocycles. The van der Waals surface area contributed by atoms with Crippen molar-refractivity contribution in [1.82, 2.24) is 4.90 Å². The number of carbonyl (C=O) groups is 1. The Morgan fingerprint density at radius 1 is 1.23 bits per heavy atom. The van der Waals surface area contributed by atoms with Crippen molar-refractivity contribution in [3.63, 3.8) is 0 Å². The first kappa shape index (κ1) is 18.6. The van der Waals surface area contributed by atoms with E-state index in [0.717, 1.165) is 28.0 Å². The Morgan fingerprint density at radius 2 is 1.88 bits per heavy atom. The molecule has 136 valence electrons. The summed E-state index contributed by atoms with van der Waals surface area (Å²) in [7, 11) is 3.60. The second-order valence-electron chi connectivity index (χ2n) is 5.86. The highest BCUT2D eigenvalue weighted by molar-refractivity contribution is 8.14. The van der Waals surface area contributed by atoms with Crippen LogP contribution in [0.15, 0.2) is 53.5 Å². The van der Waals surface area contributed by atoms with Gasteiger partial charge in [-0.05, 0) is 48.5 Å². The van der Waals surface area contributed by atoms with Crippen LogP contribution in [0, 0.1) is 0 Å². The number of carbonyl (C=O) groups excluding carboxylic acids is 1. The number of benzene rings is 2. The number of halogens is 1. The zero-order valence-electron chi connectivity index (χ0n) is 14.8. The lowest BCUT2D eigenvalue weighted by molar-refractivity contribution is -0.117. The van der Waals surface area contributed by atoms with Gasteiger partial charge in [-0.25, -0.2) is 4.99 Å². The molecule has 1 saturated heterocycles. The van der Waals surface area contributed by atoms with E-state index in [2.05, 4.69) is 0 Å². The van der Waals surface area contributed by atoms with Crippen LogP contribution in [0.1, 0.15) is 6.92 Å². The van der Waals surface area contributed by atoms with Gasteiger partial charge in [0, 0.05) is 30.4 Å². The molecule has 0 bridgehead atoms. The lowest BCUT2D eigenvalue weighted by atomic mass is 10.2. The maximum absolute atomic E-state index is 12.3. The molecule has 7 heteroatoms. The highest BCUT2D eigenvalue weighted by Gasteiger charge is 2.34. The number of anilines is 1. The average molecular weight is 390 g/mol. The van der Waals surface area contributed by atoms with Crippen LogP contribution in [-0.4, -0.2) is 42.1 Å². The summed E-state index contributed by atoms with van der Waals surface area (Å²) in [4.78, 5) is 20.8. The maximum atomic E-state index is 12.3. The number of aliphatic imine (C=N–C) groups is 1. The van der Waals surface area contributed by atoms with Gasteiger partial charge < -0.3 is 9.64 Å². The van der Waals surface area contributed by atoms with Gasteiger partial charge in [0.2, 0.25) is 5.91 Å². The molecular weight excluding hydrogens is 370 g/mol. The molecule has 1 atom stereocenters. The van der Waals surface area contributed by atoms with E-state index in [9.17, 15) is 4.79 Å². The lowest BCUT2D eigenvalue weighted by Gasteiger charge is -2.32. The lowest BCUT2D eigenvalue weighted by Crippen LogP contribution is -2.48. The first-order valence-electron chi connectivity index (χ1n) is 8.13. The van der Waals surface area contributed by atoms with Crippen LogP contribution in [0.25, 0.3) is 0 Å². The minimum absolute atomic E-state index is 0.0181. The number of amidine groups is 1.